The van der Waals surface area contributed by atoms with Crippen molar-refractivity contribution in [3.05, 3.63) is 51.2 Å². The van der Waals surface area contributed by atoms with Gasteiger partial charge in [0.1, 0.15) is 5.76 Å². The molecule has 0 spiro atoms. The van der Waals surface area contributed by atoms with Crippen LogP contribution in [0.25, 0.3) is 11.3 Å². The van der Waals surface area contributed by atoms with Crippen LogP contribution in [-0.4, -0.2) is 53.9 Å². The number of likely N-dealkylation sites (N-methyl/N-ethyl adjacent to an activating group) is 1. The molecule has 0 saturated carbocycles. The average Bonchev–Trinajstić information content (AvgIpc) is 3.05. The second kappa shape index (κ2) is 6.62. The SMILES string of the molecule is CN1CCN(C(=O)c2ccc(-c3cc([N+](=O)[O-])ccc3Cl)o2)CC1. The number of halogens is 1. The minimum Gasteiger partial charge on any atom is -0.451 e. The van der Waals surface area contributed by atoms with Crippen LogP contribution < -0.4 is 0 Å². The highest BCUT2D eigenvalue weighted by Crippen LogP contribution is 2.32. The van der Waals surface area contributed by atoms with E-state index in [0.717, 1.165) is 13.1 Å². The highest BCUT2D eigenvalue weighted by molar-refractivity contribution is 6.33. The topological polar surface area (TPSA) is 79.8 Å². The smallest absolute Gasteiger partial charge is 0.289 e. The van der Waals surface area contributed by atoms with Gasteiger partial charge in [-0.25, -0.2) is 0 Å². The van der Waals surface area contributed by atoms with Crippen LogP contribution in [0.1, 0.15) is 10.6 Å². The zero-order chi connectivity index (χ0) is 17.3. The number of nitro groups is 1. The van der Waals surface area contributed by atoms with E-state index in [9.17, 15) is 14.9 Å². The summed E-state index contributed by atoms with van der Waals surface area (Å²) in [4.78, 5) is 26.8. The van der Waals surface area contributed by atoms with Crippen molar-refractivity contribution >= 4 is 23.2 Å². The summed E-state index contributed by atoms with van der Waals surface area (Å²) in [5.74, 6) is 0.356. The summed E-state index contributed by atoms with van der Waals surface area (Å²) < 4.78 is 5.62. The number of rotatable bonds is 3. The molecule has 1 amide bonds. The van der Waals surface area contributed by atoms with Gasteiger partial charge in [-0.05, 0) is 25.2 Å². The molecular formula is C16H16ClN3O4. The molecule has 1 aromatic heterocycles. The van der Waals surface area contributed by atoms with Gasteiger partial charge in [-0.15, -0.1) is 0 Å². The monoisotopic (exact) mass is 349 g/mol. The molecule has 0 N–H and O–H groups in total. The summed E-state index contributed by atoms with van der Waals surface area (Å²) >= 11 is 6.11. The maximum atomic E-state index is 12.5. The molecular weight excluding hydrogens is 334 g/mol. The number of amides is 1. The summed E-state index contributed by atoms with van der Waals surface area (Å²) in [6, 6.07) is 7.29. The Morgan fingerprint density at radius 2 is 1.92 bits per heavy atom. The molecule has 1 fully saturated rings. The number of benzene rings is 1. The van der Waals surface area contributed by atoms with Gasteiger partial charge < -0.3 is 14.2 Å². The third-order valence-corrected chi connectivity index (χ3v) is 4.36. The quantitative estimate of drug-likeness (QED) is 0.628. The number of hydrogen-bond acceptors (Lipinski definition) is 5. The molecule has 0 radical (unpaired) electrons. The number of furan rings is 1. The fourth-order valence-electron chi connectivity index (χ4n) is 2.58. The molecule has 1 saturated heterocycles. The zero-order valence-corrected chi connectivity index (χ0v) is 13.8. The lowest BCUT2D eigenvalue weighted by molar-refractivity contribution is -0.384. The Morgan fingerprint density at radius 1 is 1.21 bits per heavy atom. The van der Waals surface area contributed by atoms with E-state index in [-0.39, 0.29) is 17.4 Å². The van der Waals surface area contributed by atoms with Crippen LogP contribution in [0.3, 0.4) is 0 Å². The lowest BCUT2D eigenvalue weighted by atomic mass is 10.1. The molecule has 3 rings (SSSR count). The second-order valence-corrected chi connectivity index (χ2v) is 6.09. The first-order valence-corrected chi connectivity index (χ1v) is 7.85. The molecule has 0 atom stereocenters. The van der Waals surface area contributed by atoms with Gasteiger partial charge in [-0.3, -0.25) is 14.9 Å². The normalized spacial score (nSPS) is 15.5. The summed E-state index contributed by atoms with van der Waals surface area (Å²) in [6.45, 7) is 2.91. The van der Waals surface area contributed by atoms with E-state index < -0.39 is 4.92 Å². The van der Waals surface area contributed by atoms with Crippen molar-refractivity contribution in [2.24, 2.45) is 0 Å². The first kappa shape index (κ1) is 16.5. The van der Waals surface area contributed by atoms with Gasteiger partial charge in [-0.1, -0.05) is 11.6 Å². The minimum absolute atomic E-state index is 0.0854. The maximum Gasteiger partial charge on any atom is 0.289 e. The molecule has 0 aliphatic carbocycles. The first-order valence-electron chi connectivity index (χ1n) is 7.47. The van der Waals surface area contributed by atoms with Gasteiger partial charge in [0, 0.05) is 43.9 Å². The number of nitrogens with zero attached hydrogens (tertiary/aromatic N) is 3. The van der Waals surface area contributed by atoms with Gasteiger partial charge in [0.25, 0.3) is 11.6 Å². The highest BCUT2D eigenvalue weighted by Gasteiger charge is 2.23. The van der Waals surface area contributed by atoms with E-state index in [1.807, 2.05) is 7.05 Å². The number of carbonyl (C=O) groups excluding carboxylic acids is 1. The molecule has 1 aromatic carbocycles. The van der Waals surface area contributed by atoms with Crippen molar-refractivity contribution < 1.29 is 14.1 Å². The molecule has 1 aliphatic heterocycles. The molecule has 1 aliphatic rings. The van der Waals surface area contributed by atoms with Crippen molar-refractivity contribution in [2.45, 2.75) is 0 Å². The van der Waals surface area contributed by atoms with Crippen LogP contribution in [0.15, 0.2) is 34.7 Å². The van der Waals surface area contributed by atoms with Crippen molar-refractivity contribution in [1.82, 2.24) is 9.80 Å². The van der Waals surface area contributed by atoms with Crippen LogP contribution in [0.4, 0.5) is 5.69 Å². The van der Waals surface area contributed by atoms with Crippen LogP contribution in [0.2, 0.25) is 5.02 Å². The lowest BCUT2D eigenvalue weighted by Crippen LogP contribution is -2.47. The van der Waals surface area contributed by atoms with Gasteiger partial charge in [0.2, 0.25) is 0 Å². The van der Waals surface area contributed by atoms with Gasteiger partial charge >= 0.3 is 0 Å². The summed E-state index contributed by atoms with van der Waals surface area (Å²) in [5.41, 5.74) is 0.307. The molecule has 8 heteroatoms. The van der Waals surface area contributed by atoms with Crippen LogP contribution in [0.5, 0.6) is 0 Å². The fraction of sp³-hybridized carbons (Fsp3) is 0.312. The Hall–Kier alpha value is -2.38. The second-order valence-electron chi connectivity index (χ2n) is 5.68. The van der Waals surface area contributed by atoms with Crippen LogP contribution >= 0.6 is 11.6 Å². The molecule has 126 valence electrons. The first-order chi connectivity index (χ1) is 11.5. The number of nitro benzene ring substituents is 1. The van der Waals surface area contributed by atoms with Crippen molar-refractivity contribution in [3.8, 4) is 11.3 Å². The van der Waals surface area contributed by atoms with E-state index in [1.165, 1.54) is 18.2 Å². The predicted octanol–water partition coefficient (Wildman–Crippen LogP) is 2.90. The van der Waals surface area contributed by atoms with E-state index >= 15 is 0 Å². The number of carbonyl (C=O) groups is 1. The van der Waals surface area contributed by atoms with Gasteiger partial charge in [0.15, 0.2) is 5.76 Å². The van der Waals surface area contributed by atoms with Gasteiger partial charge in [-0.2, -0.15) is 0 Å². The molecule has 24 heavy (non-hydrogen) atoms. The Morgan fingerprint density at radius 3 is 2.58 bits per heavy atom. The van der Waals surface area contributed by atoms with Crippen molar-refractivity contribution in [3.63, 3.8) is 0 Å². The largest absolute Gasteiger partial charge is 0.451 e. The van der Waals surface area contributed by atoms with Crippen LogP contribution in [0, 0.1) is 10.1 Å². The Labute approximate surface area is 143 Å². The van der Waals surface area contributed by atoms with E-state index in [0.29, 0.717) is 29.4 Å². The third-order valence-electron chi connectivity index (χ3n) is 4.03. The molecule has 2 aromatic rings. The Bertz CT molecular complexity index is 781. The highest BCUT2D eigenvalue weighted by atomic mass is 35.5. The van der Waals surface area contributed by atoms with Crippen molar-refractivity contribution in [1.29, 1.82) is 0 Å². The Kier molecular flexibility index (Phi) is 4.55. The summed E-state index contributed by atoms with van der Waals surface area (Å²) in [5, 5.41) is 11.2. The van der Waals surface area contributed by atoms with Gasteiger partial charge in [0.05, 0.1) is 9.95 Å². The molecule has 0 unspecified atom stereocenters. The van der Waals surface area contributed by atoms with E-state index in [4.69, 9.17) is 16.0 Å². The number of hydrogen-bond donors (Lipinski definition) is 0. The summed E-state index contributed by atoms with van der Waals surface area (Å²) in [7, 11) is 2.01. The number of non-ortho nitro benzene ring substituents is 1. The van der Waals surface area contributed by atoms with Crippen molar-refractivity contribution in [2.75, 3.05) is 33.2 Å². The van der Waals surface area contributed by atoms with E-state index in [1.54, 1.807) is 17.0 Å². The maximum absolute atomic E-state index is 12.5. The summed E-state index contributed by atoms with van der Waals surface area (Å²) in [6.07, 6.45) is 0. The fourth-order valence-corrected chi connectivity index (χ4v) is 2.79. The number of piperazine rings is 1. The zero-order valence-electron chi connectivity index (χ0n) is 13.1. The van der Waals surface area contributed by atoms with Crippen LogP contribution in [-0.2, 0) is 0 Å². The minimum atomic E-state index is -0.501. The Balaban J connectivity index is 1.84. The predicted molar refractivity (Wildman–Crippen MR) is 89.2 cm³/mol. The molecule has 0 bridgehead atoms. The van der Waals surface area contributed by atoms with E-state index in [2.05, 4.69) is 4.90 Å². The molecule has 7 nitrogen and oxygen atoms in total. The molecule has 2 heterocycles. The standard InChI is InChI=1S/C16H16ClN3O4/c1-18-6-8-19(9-7-18)16(21)15-5-4-14(24-15)12-10-11(20(22)23)2-3-13(12)17/h2-5,10H,6-9H2,1H3. The lowest BCUT2D eigenvalue weighted by Gasteiger charge is -2.31. The average molecular weight is 350 g/mol. The third kappa shape index (κ3) is 3.27.